The van der Waals surface area contributed by atoms with Gasteiger partial charge >= 0.3 is 0 Å². The van der Waals surface area contributed by atoms with Crippen molar-refractivity contribution in [1.29, 1.82) is 0 Å². The molecule has 0 N–H and O–H groups in total. The first-order valence-electron chi connectivity index (χ1n) is 8.82. The predicted octanol–water partition coefficient (Wildman–Crippen LogP) is 2.40. The molecular formula is C19H25N3O2. The lowest BCUT2D eigenvalue weighted by Gasteiger charge is -2.36. The molecule has 0 radical (unpaired) electrons. The van der Waals surface area contributed by atoms with Gasteiger partial charge in [0.25, 0.3) is 0 Å². The van der Waals surface area contributed by atoms with Crippen LogP contribution in [0.3, 0.4) is 0 Å². The summed E-state index contributed by atoms with van der Waals surface area (Å²) in [5.74, 6) is 2.68. The van der Waals surface area contributed by atoms with Crippen molar-refractivity contribution in [2.75, 3.05) is 57.9 Å². The number of anilines is 1. The lowest BCUT2D eigenvalue weighted by Crippen LogP contribution is -2.48. The minimum atomic E-state index is 0.727. The number of benzene rings is 1. The molecule has 5 nitrogen and oxygen atoms in total. The van der Waals surface area contributed by atoms with E-state index in [0.717, 1.165) is 67.8 Å². The molecule has 128 valence electrons. The summed E-state index contributed by atoms with van der Waals surface area (Å²) in [6.45, 7) is 7.37. The lowest BCUT2D eigenvalue weighted by atomic mass is 10.1. The molecule has 1 unspecified atom stereocenters. The third-order valence-corrected chi connectivity index (χ3v) is 5.12. The molecule has 1 aromatic carbocycles. The number of methoxy groups -OCH3 is 1. The van der Waals surface area contributed by atoms with Crippen LogP contribution in [0.1, 0.15) is 6.42 Å². The Morgan fingerprint density at radius 1 is 1.17 bits per heavy atom. The van der Waals surface area contributed by atoms with Crippen LogP contribution in [0, 0.1) is 5.92 Å². The molecule has 24 heavy (non-hydrogen) atoms. The van der Waals surface area contributed by atoms with Crippen molar-refractivity contribution < 1.29 is 9.47 Å². The molecule has 1 aromatic heterocycles. The predicted molar refractivity (Wildman–Crippen MR) is 95.9 cm³/mol. The Bertz CT molecular complexity index is 692. The van der Waals surface area contributed by atoms with E-state index in [2.05, 4.69) is 21.9 Å². The summed E-state index contributed by atoms with van der Waals surface area (Å²) in [4.78, 5) is 9.80. The van der Waals surface area contributed by atoms with E-state index in [0.29, 0.717) is 0 Å². The van der Waals surface area contributed by atoms with E-state index in [1.54, 1.807) is 7.11 Å². The maximum atomic E-state index is 5.49. The van der Waals surface area contributed by atoms with Gasteiger partial charge in [0.15, 0.2) is 0 Å². The molecular weight excluding hydrogens is 302 g/mol. The summed E-state index contributed by atoms with van der Waals surface area (Å²) in [5.41, 5.74) is 1.03. The number of ether oxygens (including phenoxy) is 2. The van der Waals surface area contributed by atoms with Gasteiger partial charge in [-0.3, -0.25) is 4.90 Å². The number of fused-ring (bicyclic) bond motifs is 1. The summed E-state index contributed by atoms with van der Waals surface area (Å²) < 4.78 is 10.8. The Morgan fingerprint density at radius 2 is 2.04 bits per heavy atom. The van der Waals surface area contributed by atoms with Gasteiger partial charge in [-0.05, 0) is 42.7 Å². The van der Waals surface area contributed by atoms with Gasteiger partial charge in [-0.15, -0.1) is 0 Å². The van der Waals surface area contributed by atoms with Crippen molar-refractivity contribution in [2.24, 2.45) is 5.92 Å². The molecule has 5 heteroatoms. The number of nitrogens with zero attached hydrogens (tertiary/aromatic N) is 3. The first-order chi connectivity index (χ1) is 11.8. The van der Waals surface area contributed by atoms with Gasteiger partial charge in [0.1, 0.15) is 11.6 Å². The van der Waals surface area contributed by atoms with E-state index in [1.807, 2.05) is 18.2 Å². The molecule has 0 aliphatic carbocycles. The Kier molecular flexibility index (Phi) is 4.54. The maximum absolute atomic E-state index is 5.49. The first-order valence-corrected chi connectivity index (χ1v) is 8.82. The van der Waals surface area contributed by atoms with Crippen LogP contribution in [0.2, 0.25) is 0 Å². The van der Waals surface area contributed by atoms with E-state index in [9.17, 15) is 0 Å². The van der Waals surface area contributed by atoms with Crippen molar-refractivity contribution in [3.05, 3.63) is 30.3 Å². The monoisotopic (exact) mass is 327 g/mol. The normalized spacial score (nSPS) is 22.2. The van der Waals surface area contributed by atoms with E-state index < -0.39 is 0 Å². The van der Waals surface area contributed by atoms with E-state index in [1.165, 1.54) is 13.0 Å². The number of hydrogen-bond acceptors (Lipinski definition) is 5. The highest BCUT2D eigenvalue weighted by molar-refractivity contribution is 5.81. The maximum Gasteiger partial charge on any atom is 0.129 e. The van der Waals surface area contributed by atoms with Crippen molar-refractivity contribution in [3.8, 4) is 5.75 Å². The first kappa shape index (κ1) is 15.7. The highest BCUT2D eigenvalue weighted by Gasteiger charge is 2.23. The summed E-state index contributed by atoms with van der Waals surface area (Å²) in [7, 11) is 1.69. The Labute approximate surface area is 143 Å². The van der Waals surface area contributed by atoms with Gasteiger partial charge in [0, 0.05) is 44.7 Å². The van der Waals surface area contributed by atoms with Gasteiger partial charge in [0.2, 0.25) is 0 Å². The number of piperazine rings is 1. The third-order valence-electron chi connectivity index (χ3n) is 5.12. The Balaban J connectivity index is 1.40. The van der Waals surface area contributed by atoms with Crippen molar-refractivity contribution >= 4 is 16.7 Å². The summed E-state index contributed by atoms with van der Waals surface area (Å²) in [5, 5.41) is 1.12. The van der Waals surface area contributed by atoms with Crippen LogP contribution in [0.5, 0.6) is 5.75 Å². The molecule has 2 saturated heterocycles. The van der Waals surface area contributed by atoms with Gasteiger partial charge < -0.3 is 14.4 Å². The number of hydrogen-bond donors (Lipinski definition) is 0. The van der Waals surface area contributed by atoms with Gasteiger partial charge in [-0.1, -0.05) is 0 Å². The van der Waals surface area contributed by atoms with Crippen LogP contribution in [-0.2, 0) is 4.74 Å². The molecule has 0 spiro atoms. The number of aromatic nitrogens is 1. The topological polar surface area (TPSA) is 37.8 Å². The summed E-state index contributed by atoms with van der Waals surface area (Å²) >= 11 is 0. The zero-order chi connectivity index (χ0) is 16.4. The molecule has 2 aliphatic heterocycles. The highest BCUT2D eigenvalue weighted by atomic mass is 16.5. The second kappa shape index (κ2) is 6.95. The smallest absolute Gasteiger partial charge is 0.129 e. The van der Waals surface area contributed by atoms with E-state index in [4.69, 9.17) is 14.5 Å². The van der Waals surface area contributed by atoms with Gasteiger partial charge in [-0.2, -0.15) is 0 Å². The molecule has 0 bridgehead atoms. The third kappa shape index (κ3) is 3.32. The van der Waals surface area contributed by atoms with Crippen LogP contribution in [0.25, 0.3) is 10.9 Å². The zero-order valence-corrected chi connectivity index (χ0v) is 14.3. The molecule has 2 aliphatic rings. The molecule has 3 heterocycles. The van der Waals surface area contributed by atoms with E-state index in [-0.39, 0.29) is 0 Å². The van der Waals surface area contributed by atoms with Gasteiger partial charge in [-0.25, -0.2) is 4.98 Å². The Hall–Kier alpha value is -1.85. The fraction of sp³-hybridized carbons (Fsp3) is 0.526. The summed E-state index contributed by atoms with van der Waals surface area (Å²) in [6.07, 6.45) is 1.22. The second-order valence-corrected chi connectivity index (χ2v) is 6.75. The van der Waals surface area contributed by atoms with Crippen LogP contribution >= 0.6 is 0 Å². The minimum absolute atomic E-state index is 0.727. The highest BCUT2D eigenvalue weighted by Crippen LogP contribution is 2.23. The van der Waals surface area contributed by atoms with Crippen molar-refractivity contribution in [3.63, 3.8) is 0 Å². The fourth-order valence-corrected chi connectivity index (χ4v) is 3.65. The molecule has 0 amide bonds. The average Bonchev–Trinajstić information content (AvgIpc) is 3.14. The molecule has 1 atom stereocenters. The lowest BCUT2D eigenvalue weighted by molar-refractivity contribution is 0.164. The molecule has 0 saturated carbocycles. The molecule has 2 aromatic rings. The van der Waals surface area contributed by atoms with Crippen molar-refractivity contribution in [1.82, 2.24) is 9.88 Å². The largest absolute Gasteiger partial charge is 0.497 e. The molecule has 2 fully saturated rings. The van der Waals surface area contributed by atoms with Crippen LogP contribution in [0.15, 0.2) is 30.3 Å². The fourth-order valence-electron chi connectivity index (χ4n) is 3.65. The number of pyridine rings is 1. The SMILES string of the molecule is COc1ccc2nc(N3CCN(CC4CCOC4)CC3)ccc2c1. The van der Waals surface area contributed by atoms with Crippen LogP contribution in [0.4, 0.5) is 5.82 Å². The molecule has 4 rings (SSSR count). The minimum Gasteiger partial charge on any atom is -0.497 e. The van der Waals surface area contributed by atoms with Crippen molar-refractivity contribution in [2.45, 2.75) is 6.42 Å². The Morgan fingerprint density at radius 3 is 2.79 bits per heavy atom. The van der Waals surface area contributed by atoms with Crippen LogP contribution in [-0.4, -0.2) is 62.9 Å². The second-order valence-electron chi connectivity index (χ2n) is 6.75. The zero-order valence-electron chi connectivity index (χ0n) is 14.3. The quantitative estimate of drug-likeness (QED) is 0.862. The van der Waals surface area contributed by atoms with Gasteiger partial charge in [0.05, 0.1) is 19.2 Å². The van der Waals surface area contributed by atoms with Crippen LogP contribution < -0.4 is 9.64 Å². The standard InChI is InChI=1S/C19H25N3O2/c1-23-17-3-4-18-16(12-17)2-5-19(20-18)22-9-7-21(8-10-22)13-15-6-11-24-14-15/h2-5,12,15H,6-11,13-14H2,1H3. The van der Waals surface area contributed by atoms with E-state index >= 15 is 0 Å². The summed E-state index contributed by atoms with van der Waals surface area (Å²) in [6, 6.07) is 10.3. The average molecular weight is 327 g/mol. The number of rotatable bonds is 4.